The minimum Gasteiger partial charge on any atom is -0.407 e. The quantitative estimate of drug-likeness (QED) is 0.337. The Labute approximate surface area is 96.4 Å². The molecule has 0 saturated carbocycles. The fourth-order valence-corrected chi connectivity index (χ4v) is 1.37. The molecule has 0 spiro atoms. The number of hydrogen-bond donors (Lipinski definition) is 0. The second-order valence-electron chi connectivity index (χ2n) is 3.40. The lowest BCUT2D eigenvalue weighted by Crippen LogP contribution is -1.99. The van der Waals surface area contributed by atoms with Gasteiger partial charge in [0.1, 0.15) is 0 Å². The van der Waals surface area contributed by atoms with Gasteiger partial charge in [0, 0.05) is 19.1 Å². The SMILES string of the molecule is CC1=NC(=Cc2ccc([N+](=O)[O-])cc2)C(=O)O1. The molecule has 0 amide bonds. The van der Waals surface area contributed by atoms with Crippen LogP contribution in [-0.2, 0) is 9.53 Å². The number of nitro groups is 1. The van der Waals surface area contributed by atoms with E-state index in [1.165, 1.54) is 18.2 Å². The molecule has 1 aromatic rings. The van der Waals surface area contributed by atoms with Crippen LogP contribution in [0, 0.1) is 10.1 Å². The van der Waals surface area contributed by atoms with Crippen molar-refractivity contribution < 1.29 is 14.5 Å². The summed E-state index contributed by atoms with van der Waals surface area (Å²) in [7, 11) is 0. The third kappa shape index (κ3) is 2.36. The summed E-state index contributed by atoms with van der Waals surface area (Å²) in [4.78, 5) is 25.1. The van der Waals surface area contributed by atoms with Crippen LogP contribution in [0.2, 0.25) is 0 Å². The molecule has 6 nitrogen and oxygen atoms in total. The fourth-order valence-electron chi connectivity index (χ4n) is 1.37. The van der Waals surface area contributed by atoms with Crippen molar-refractivity contribution in [3.8, 4) is 0 Å². The van der Waals surface area contributed by atoms with Crippen LogP contribution in [-0.4, -0.2) is 16.8 Å². The van der Waals surface area contributed by atoms with E-state index in [0.717, 1.165) is 0 Å². The number of aliphatic imine (C=N–C) groups is 1. The third-order valence-corrected chi connectivity index (χ3v) is 2.13. The molecule has 0 N–H and O–H groups in total. The Kier molecular flexibility index (Phi) is 2.70. The Morgan fingerprint density at radius 2 is 2.00 bits per heavy atom. The monoisotopic (exact) mass is 232 g/mol. The largest absolute Gasteiger partial charge is 0.407 e. The fraction of sp³-hybridized carbons (Fsp3) is 0.0909. The van der Waals surface area contributed by atoms with E-state index in [9.17, 15) is 14.9 Å². The van der Waals surface area contributed by atoms with Gasteiger partial charge < -0.3 is 4.74 Å². The van der Waals surface area contributed by atoms with Crippen LogP contribution in [0.5, 0.6) is 0 Å². The van der Waals surface area contributed by atoms with Crippen LogP contribution in [0.3, 0.4) is 0 Å². The first kappa shape index (κ1) is 11.0. The Balaban J connectivity index is 2.28. The highest BCUT2D eigenvalue weighted by Gasteiger charge is 2.19. The van der Waals surface area contributed by atoms with Gasteiger partial charge in [-0.3, -0.25) is 10.1 Å². The molecule has 0 saturated heterocycles. The highest BCUT2D eigenvalue weighted by atomic mass is 16.6. The summed E-state index contributed by atoms with van der Waals surface area (Å²) < 4.78 is 4.74. The van der Waals surface area contributed by atoms with Gasteiger partial charge in [-0.05, 0) is 23.8 Å². The van der Waals surface area contributed by atoms with Crippen molar-refractivity contribution in [1.29, 1.82) is 0 Å². The highest BCUT2D eigenvalue weighted by Crippen LogP contribution is 2.17. The summed E-state index contributed by atoms with van der Waals surface area (Å²) in [6, 6.07) is 5.82. The Bertz CT molecular complexity index is 543. The minimum atomic E-state index is -0.513. The van der Waals surface area contributed by atoms with Gasteiger partial charge in [-0.1, -0.05) is 0 Å². The van der Waals surface area contributed by atoms with Gasteiger partial charge in [0.15, 0.2) is 11.6 Å². The predicted octanol–water partition coefficient (Wildman–Crippen LogP) is 1.91. The number of ether oxygens (including phenoxy) is 1. The first-order valence-electron chi connectivity index (χ1n) is 4.80. The Morgan fingerprint density at radius 1 is 1.35 bits per heavy atom. The molecule has 1 heterocycles. The number of nitro benzene ring substituents is 1. The Morgan fingerprint density at radius 3 is 2.47 bits per heavy atom. The van der Waals surface area contributed by atoms with E-state index >= 15 is 0 Å². The molecule has 2 rings (SSSR count). The average Bonchev–Trinajstić information content (AvgIpc) is 2.58. The summed E-state index contributed by atoms with van der Waals surface area (Å²) in [5, 5.41) is 10.4. The van der Waals surface area contributed by atoms with Gasteiger partial charge in [-0.25, -0.2) is 9.79 Å². The maximum Gasteiger partial charge on any atom is 0.363 e. The van der Waals surface area contributed by atoms with Crippen LogP contribution >= 0.6 is 0 Å². The Hall–Kier alpha value is -2.50. The molecule has 6 heteroatoms. The molecule has 1 aromatic carbocycles. The van der Waals surface area contributed by atoms with Crippen LogP contribution in [0.15, 0.2) is 35.0 Å². The molecule has 0 bridgehead atoms. The van der Waals surface area contributed by atoms with Gasteiger partial charge in [0.05, 0.1) is 4.92 Å². The highest BCUT2D eigenvalue weighted by molar-refractivity contribution is 6.06. The van der Waals surface area contributed by atoms with E-state index in [0.29, 0.717) is 11.5 Å². The van der Waals surface area contributed by atoms with Crippen molar-refractivity contribution in [2.75, 3.05) is 0 Å². The molecule has 86 valence electrons. The molecule has 0 aliphatic carbocycles. The molecule has 0 atom stereocenters. The number of rotatable bonds is 2. The molecular formula is C11H8N2O4. The standard InChI is InChI=1S/C11H8N2O4/c1-7-12-10(11(14)17-7)6-8-2-4-9(5-3-8)13(15)16/h2-6H,1H3. The van der Waals surface area contributed by atoms with E-state index in [-0.39, 0.29) is 11.4 Å². The van der Waals surface area contributed by atoms with E-state index in [2.05, 4.69) is 4.99 Å². The first-order valence-corrected chi connectivity index (χ1v) is 4.80. The van der Waals surface area contributed by atoms with Crippen molar-refractivity contribution in [1.82, 2.24) is 0 Å². The van der Waals surface area contributed by atoms with Crippen molar-refractivity contribution in [2.24, 2.45) is 4.99 Å². The molecule has 0 aromatic heterocycles. The van der Waals surface area contributed by atoms with Gasteiger partial charge in [0.2, 0.25) is 0 Å². The molecule has 0 unspecified atom stereocenters. The van der Waals surface area contributed by atoms with Crippen molar-refractivity contribution >= 4 is 23.6 Å². The van der Waals surface area contributed by atoms with E-state index in [1.807, 2.05) is 0 Å². The predicted molar refractivity (Wildman–Crippen MR) is 60.3 cm³/mol. The molecular weight excluding hydrogens is 224 g/mol. The van der Waals surface area contributed by atoms with E-state index in [1.54, 1.807) is 19.1 Å². The second-order valence-corrected chi connectivity index (χ2v) is 3.40. The number of nitrogens with zero attached hydrogens (tertiary/aromatic N) is 2. The number of carbonyl (C=O) groups excluding carboxylic acids is 1. The topological polar surface area (TPSA) is 81.8 Å². The average molecular weight is 232 g/mol. The molecule has 0 fully saturated rings. The normalized spacial score (nSPS) is 16.9. The van der Waals surface area contributed by atoms with Crippen LogP contribution in [0.4, 0.5) is 5.69 Å². The summed E-state index contributed by atoms with van der Waals surface area (Å²) in [6.07, 6.45) is 1.52. The maximum atomic E-state index is 11.3. The summed E-state index contributed by atoms with van der Waals surface area (Å²) in [5.41, 5.74) is 0.846. The van der Waals surface area contributed by atoms with Crippen molar-refractivity contribution in [3.05, 3.63) is 45.6 Å². The first-order chi connectivity index (χ1) is 8.06. The van der Waals surface area contributed by atoms with Crippen LogP contribution < -0.4 is 0 Å². The number of cyclic esters (lactones) is 1. The van der Waals surface area contributed by atoms with Gasteiger partial charge in [-0.2, -0.15) is 0 Å². The molecule has 0 radical (unpaired) electrons. The number of benzene rings is 1. The third-order valence-electron chi connectivity index (χ3n) is 2.13. The maximum absolute atomic E-state index is 11.3. The van der Waals surface area contributed by atoms with Gasteiger partial charge in [-0.15, -0.1) is 0 Å². The van der Waals surface area contributed by atoms with Crippen molar-refractivity contribution in [3.63, 3.8) is 0 Å². The zero-order valence-corrected chi connectivity index (χ0v) is 8.91. The number of hydrogen-bond acceptors (Lipinski definition) is 5. The molecule has 1 aliphatic heterocycles. The molecule has 1 aliphatic rings. The van der Waals surface area contributed by atoms with E-state index < -0.39 is 10.9 Å². The number of non-ortho nitro benzene ring substituents is 1. The zero-order chi connectivity index (χ0) is 12.4. The smallest absolute Gasteiger partial charge is 0.363 e. The number of esters is 1. The van der Waals surface area contributed by atoms with E-state index in [4.69, 9.17) is 4.74 Å². The second kappa shape index (κ2) is 4.17. The van der Waals surface area contributed by atoms with Gasteiger partial charge in [0.25, 0.3) is 5.69 Å². The zero-order valence-electron chi connectivity index (χ0n) is 8.91. The minimum absolute atomic E-state index is 0.000769. The summed E-state index contributed by atoms with van der Waals surface area (Å²) in [5.74, 6) is -0.219. The lowest BCUT2D eigenvalue weighted by Gasteiger charge is -1.94. The van der Waals surface area contributed by atoms with Crippen molar-refractivity contribution in [2.45, 2.75) is 6.92 Å². The lowest BCUT2D eigenvalue weighted by atomic mass is 10.2. The summed E-state index contributed by atoms with van der Waals surface area (Å²) >= 11 is 0. The van der Waals surface area contributed by atoms with Crippen LogP contribution in [0.1, 0.15) is 12.5 Å². The number of carbonyl (C=O) groups is 1. The summed E-state index contributed by atoms with van der Waals surface area (Å²) in [6.45, 7) is 1.58. The van der Waals surface area contributed by atoms with Gasteiger partial charge >= 0.3 is 5.97 Å². The lowest BCUT2D eigenvalue weighted by molar-refractivity contribution is -0.384. The van der Waals surface area contributed by atoms with Crippen LogP contribution in [0.25, 0.3) is 6.08 Å². The molecule has 17 heavy (non-hydrogen) atoms.